The molecule has 0 saturated heterocycles. The highest BCUT2D eigenvalue weighted by Gasteiger charge is 2.19. The average molecular weight is 420 g/mol. The zero-order valence-corrected chi connectivity index (χ0v) is 17.5. The van der Waals surface area contributed by atoms with E-state index in [-0.39, 0.29) is 11.5 Å². The van der Waals surface area contributed by atoms with E-state index >= 15 is 0 Å². The Morgan fingerprint density at radius 2 is 1.87 bits per heavy atom. The lowest BCUT2D eigenvalue weighted by molar-refractivity contribution is 0.0954. The van der Waals surface area contributed by atoms with Gasteiger partial charge in [0.15, 0.2) is 0 Å². The molecule has 0 saturated carbocycles. The molecule has 0 aliphatic rings. The highest BCUT2D eigenvalue weighted by molar-refractivity contribution is 7.20. The summed E-state index contributed by atoms with van der Waals surface area (Å²) in [6, 6.07) is 17.3. The molecule has 0 aliphatic carbocycles. The zero-order valence-electron chi connectivity index (χ0n) is 16.7. The van der Waals surface area contributed by atoms with Crippen LogP contribution < -0.4 is 15.6 Å². The minimum Gasteiger partial charge on any atom is -0.496 e. The summed E-state index contributed by atoms with van der Waals surface area (Å²) >= 11 is 1.24. The molecule has 0 fully saturated rings. The number of hydrogen-bond donors (Lipinski definition) is 1. The second-order valence-electron chi connectivity index (χ2n) is 6.89. The van der Waals surface area contributed by atoms with E-state index in [1.54, 1.807) is 24.9 Å². The molecule has 1 amide bonds. The molecule has 2 heterocycles. The van der Waals surface area contributed by atoms with E-state index in [0.717, 1.165) is 16.9 Å². The average Bonchev–Trinajstić information content (AvgIpc) is 3.12. The molecule has 0 atom stereocenters. The maximum Gasteiger partial charge on any atom is 0.262 e. The molecule has 2 aromatic carbocycles. The third kappa shape index (κ3) is 3.84. The molecule has 4 rings (SSSR count). The Morgan fingerprint density at radius 1 is 1.13 bits per heavy atom. The number of methoxy groups -OCH3 is 1. The minimum absolute atomic E-state index is 0.138. The zero-order chi connectivity index (χ0) is 21.1. The quantitative estimate of drug-likeness (QED) is 0.517. The van der Waals surface area contributed by atoms with Crippen molar-refractivity contribution in [1.82, 2.24) is 14.9 Å². The first-order valence-corrected chi connectivity index (χ1v) is 10.3. The fourth-order valence-electron chi connectivity index (χ4n) is 3.37. The summed E-state index contributed by atoms with van der Waals surface area (Å²) in [4.78, 5) is 31.4. The number of ether oxygens (including phenoxy) is 1. The number of nitrogens with one attached hydrogen (secondary N) is 1. The van der Waals surface area contributed by atoms with Gasteiger partial charge in [0.1, 0.15) is 10.6 Å². The Morgan fingerprint density at radius 3 is 2.63 bits per heavy atom. The summed E-state index contributed by atoms with van der Waals surface area (Å²) in [5, 5.41) is 3.42. The van der Waals surface area contributed by atoms with E-state index in [1.807, 2.05) is 54.6 Å². The number of aromatic nitrogens is 2. The van der Waals surface area contributed by atoms with Crippen LogP contribution >= 0.6 is 11.3 Å². The van der Waals surface area contributed by atoms with Crippen LogP contribution in [0.2, 0.25) is 0 Å². The molecule has 0 bridgehead atoms. The predicted octanol–water partition coefficient (Wildman–Crippen LogP) is 3.75. The lowest BCUT2D eigenvalue weighted by Crippen LogP contribution is -2.23. The number of carbonyl (C=O) groups excluding carboxylic acids is 1. The molecule has 30 heavy (non-hydrogen) atoms. The van der Waals surface area contributed by atoms with E-state index in [2.05, 4.69) is 10.3 Å². The summed E-state index contributed by atoms with van der Waals surface area (Å²) in [6.07, 6.45) is 1.55. The molecule has 0 unspecified atom stereocenters. The second kappa shape index (κ2) is 8.51. The Labute approximate surface area is 177 Å². The van der Waals surface area contributed by atoms with Gasteiger partial charge in [-0.15, -0.1) is 11.3 Å². The van der Waals surface area contributed by atoms with Gasteiger partial charge < -0.3 is 10.1 Å². The largest absolute Gasteiger partial charge is 0.496 e. The first kappa shape index (κ1) is 19.8. The van der Waals surface area contributed by atoms with Crippen molar-refractivity contribution in [3.05, 3.63) is 92.8 Å². The fourth-order valence-corrected chi connectivity index (χ4v) is 4.43. The van der Waals surface area contributed by atoms with Gasteiger partial charge in [-0.1, -0.05) is 48.5 Å². The van der Waals surface area contributed by atoms with E-state index in [0.29, 0.717) is 33.7 Å². The van der Waals surface area contributed by atoms with Gasteiger partial charge in [0, 0.05) is 12.1 Å². The van der Waals surface area contributed by atoms with Crippen molar-refractivity contribution in [1.29, 1.82) is 0 Å². The summed E-state index contributed by atoms with van der Waals surface area (Å²) in [7, 11) is 1.60. The van der Waals surface area contributed by atoms with Crippen LogP contribution in [-0.4, -0.2) is 22.6 Å². The molecule has 4 aromatic rings. The van der Waals surface area contributed by atoms with E-state index in [9.17, 15) is 9.59 Å². The van der Waals surface area contributed by atoms with Crippen molar-refractivity contribution in [2.75, 3.05) is 7.11 Å². The maximum atomic E-state index is 13.0. The standard InChI is InChI=1S/C23H21N3O3S/c1-15-19-22(25-14-26(23(19)28)13-16-8-4-3-5-9-16)30-20(15)21(27)24-12-17-10-6-7-11-18(17)29-2/h3-11,14H,12-13H2,1-2H3,(H,24,27). The van der Waals surface area contributed by atoms with Crippen LogP contribution in [0.4, 0.5) is 0 Å². The molecule has 152 valence electrons. The molecule has 6 nitrogen and oxygen atoms in total. The molecule has 0 spiro atoms. The third-order valence-electron chi connectivity index (χ3n) is 4.95. The molecule has 0 radical (unpaired) electrons. The highest BCUT2D eigenvalue weighted by Crippen LogP contribution is 2.27. The van der Waals surface area contributed by atoms with Crippen LogP contribution in [-0.2, 0) is 13.1 Å². The smallest absolute Gasteiger partial charge is 0.262 e. The Balaban J connectivity index is 1.60. The third-order valence-corrected chi connectivity index (χ3v) is 6.15. The van der Waals surface area contributed by atoms with Gasteiger partial charge in [-0.25, -0.2) is 4.98 Å². The van der Waals surface area contributed by atoms with Gasteiger partial charge in [0.2, 0.25) is 0 Å². The number of nitrogens with zero attached hydrogens (tertiary/aromatic N) is 2. The van der Waals surface area contributed by atoms with E-state index in [1.165, 1.54) is 11.3 Å². The van der Waals surface area contributed by atoms with Crippen LogP contribution in [0.5, 0.6) is 5.75 Å². The normalized spacial score (nSPS) is 10.9. The van der Waals surface area contributed by atoms with Gasteiger partial charge in [-0.05, 0) is 24.1 Å². The van der Waals surface area contributed by atoms with Crippen molar-refractivity contribution < 1.29 is 9.53 Å². The number of carbonyl (C=O) groups is 1. The number of aryl methyl sites for hydroxylation is 1. The van der Waals surface area contributed by atoms with Crippen molar-refractivity contribution in [3.63, 3.8) is 0 Å². The molecular formula is C23H21N3O3S. The lowest BCUT2D eigenvalue weighted by atomic mass is 10.2. The predicted molar refractivity (Wildman–Crippen MR) is 118 cm³/mol. The summed E-state index contributed by atoms with van der Waals surface area (Å²) < 4.78 is 6.91. The minimum atomic E-state index is -0.226. The van der Waals surface area contributed by atoms with Crippen molar-refractivity contribution in [2.45, 2.75) is 20.0 Å². The maximum absolute atomic E-state index is 13.0. The first-order valence-electron chi connectivity index (χ1n) is 9.51. The Kier molecular flexibility index (Phi) is 5.63. The van der Waals surface area contributed by atoms with Crippen LogP contribution in [0.3, 0.4) is 0 Å². The highest BCUT2D eigenvalue weighted by atomic mass is 32.1. The number of benzene rings is 2. The summed E-state index contributed by atoms with van der Waals surface area (Å²) in [5.74, 6) is 0.492. The van der Waals surface area contributed by atoms with Gasteiger partial charge in [-0.3, -0.25) is 14.2 Å². The van der Waals surface area contributed by atoms with E-state index in [4.69, 9.17) is 4.74 Å². The fraction of sp³-hybridized carbons (Fsp3) is 0.174. The number of amides is 1. The van der Waals surface area contributed by atoms with Crippen molar-refractivity contribution in [2.24, 2.45) is 0 Å². The summed E-state index contributed by atoms with van der Waals surface area (Å²) in [6.45, 7) is 2.57. The van der Waals surface area contributed by atoms with Crippen molar-refractivity contribution >= 4 is 27.5 Å². The monoisotopic (exact) mass is 419 g/mol. The Bertz CT molecular complexity index is 1260. The number of fused-ring (bicyclic) bond motifs is 1. The molecule has 1 N–H and O–H groups in total. The van der Waals surface area contributed by atoms with Crippen LogP contribution in [0, 0.1) is 6.92 Å². The van der Waals surface area contributed by atoms with Crippen LogP contribution in [0.25, 0.3) is 10.2 Å². The van der Waals surface area contributed by atoms with Gasteiger partial charge in [-0.2, -0.15) is 0 Å². The number of para-hydroxylation sites is 1. The van der Waals surface area contributed by atoms with Gasteiger partial charge in [0.25, 0.3) is 11.5 Å². The molecule has 2 aromatic heterocycles. The second-order valence-corrected chi connectivity index (χ2v) is 7.89. The Hall–Kier alpha value is -3.45. The number of hydrogen-bond acceptors (Lipinski definition) is 5. The lowest BCUT2D eigenvalue weighted by Gasteiger charge is -2.09. The molecular weight excluding hydrogens is 398 g/mol. The van der Waals surface area contributed by atoms with E-state index < -0.39 is 0 Å². The molecule has 0 aliphatic heterocycles. The summed E-state index contributed by atoms with van der Waals surface area (Å²) in [5.41, 5.74) is 2.42. The van der Waals surface area contributed by atoms with Gasteiger partial charge in [0.05, 0.1) is 30.2 Å². The SMILES string of the molecule is COc1ccccc1CNC(=O)c1sc2ncn(Cc3ccccc3)c(=O)c2c1C. The van der Waals surface area contributed by atoms with Crippen molar-refractivity contribution in [3.8, 4) is 5.75 Å². The number of thiophene rings is 1. The first-order chi connectivity index (χ1) is 14.6. The molecule has 7 heteroatoms. The van der Waals surface area contributed by atoms with Crippen LogP contribution in [0.1, 0.15) is 26.4 Å². The van der Waals surface area contributed by atoms with Gasteiger partial charge >= 0.3 is 0 Å². The topological polar surface area (TPSA) is 73.2 Å². The number of rotatable bonds is 6. The van der Waals surface area contributed by atoms with Crippen LogP contribution in [0.15, 0.2) is 65.7 Å².